The normalized spacial score (nSPS) is 12.7. The predicted molar refractivity (Wildman–Crippen MR) is 151 cm³/mol. The van der Waals surface area contributed by atoms with E-state index >= 15 is 0 Å². The highest BCUT2D eigenvalue weighted by atomic mass is 16.3. The highest BCUT2D eigenvalue weighted by Crippen LogP contribution is 2.33. The zero-order valence-electron chi connectivity index (χ0n) is 21.5. The number of pyridine rings is 2. The van der Waals surface area contributed by atoms with E-state index in [9.17, 15) is 5.11 Å². The SMILES string of the molecule is CC(C)(C)CC(O)Nc1cncc(-c2ccc3[nH]nc(-c4nc5c(-c6ccccn6)cccc5[nH]4)c3c2)c1. The Kier molecular flexibility index (Phi) is 5.88. The van der Waals surface area contributed by atoms with Crippen LogP contribution >= 0.6 is 0 Å². The maximum Gasteiger partial charge on any atom is 0.159 e. The molecule has 6 aromatic rings. The van der Waals surface area contributed by atoms with E-state index in [1.165, 1.54) is 0 Å². The van der Waals surface area contributed by atoms with Gasteiger partial charge in [-0.25, -0.2) is 4.98 Å². The van der Waals surface area contributed by atoms with Crippen molar-refractivity contribution in [3.8, 4) is 33.9 Å². The number of benzene rings is 2. The van der Waals surface area contributed by atoms with Gasteiger partial charge >= 0.3 is 0 Å². The summed E-state index contributed by atoms with van der Waals surface area (Å²) in [6.45, 7) is 6.31. The van der Waals surface area contributed by atoms with Gasteiger partial charge in [0.05, 0.1) is 34.1 Å². The van der Waals surface area contributed by atoms with Crippen LogP contribution in [0, 0.1) is 5.41 Å². The van der Waals surface area contributed by atoms with Gasteiger partial charge in [0.2, 0.25) is 0 Å². The lowest BCUT2D eigenvalue weighted by atomic mass is 9.91. The lowest BCUT2D eigenvalue weighted by Crippen LogP contribution is -2.25. The molecule has 38 heavy (non-hydrogen) atoms. The van der Waals surface area contributed by atoms with E-state index in [0.29, 0.717) is 12.2 Å². The van der Waals surface area contributed by atoms with E-state index in [1.807, 2.05) is 60.8 Å². The number of para-hydroxylation sites is 1. The Morgan fingerprint density at radius 3 is 2.66 bits per heavy atom. The van der Waals surface area contributed by atoms with Crippen LogP contribution in [0.15, 0.2) is 79.3 Å². The van der Waals surface area contributed by atoms with E-state index < -0.39 is 6.23 Å². The number of rotatable bonds is 6. The minimum absolute atomic E-state index is 0.00913. The third kappa shape index (κ3) is 4.73. The Morgan fingerprint density at radius 2 is 1.84 bits per heavy atom. The van der Waals surface area contributed by atoms with Crippen molar-refractivity contribution in [1.82, 2.24) is 30.1 Å². The second-order valence-electron chi connectivity index (χ2n) is 10.7. The van der Waals surface area contributed by atoms with Crippen LogP contribution in [0.3, 0.4) is 0 Å². The van der Waals surface area contributed by atoms with Crippen molar-refractivity contribution < 1.29 is 5.11 Å². The van der Waals surface area contributed by atoms with Gasteiger partial charge in [-0.15, -0.1) is 0 Å². The van der Waals surface area contributed by atoms with Gasteiger partial charge < -0.3 is 15.4 Å². The highest BCUT2D eigenvalue weighted by molar-refractivity contribution is 5.98. The molecule has 8 nitrogen and oxygen atoms in total. The van der Waals surface area contributed by atoms with Crippen molar-refractivity contribution >= 4 is 27.6 Å². The molecule has 0 fully saturated rings. The van der Waals surface area contributed by atoms with Crippen molar-refractivity contribution in [3.05, 3.63) is 79.3 Å². The number of fused-ring (bicyclic) bond motifs is 2. The zero-order chi connectivity index (χ0) is 26.3. The summed E-state index contributed by atoms with van der Waals surface area (Å²) >= 11 is 0. The standard InChI is InChI=1S/C30H29N7O/c1-30(2,3)15-26(38)33-20-13-19(16-31-17-20)18-10-11-24-22(14-18)28(37-36-24)29-34-25-9-6-7-21(27(25)35-29)23-8-4-5-12-32-23/h4-14,16-17,26,33,38H,15H2,1-3H3,(H,34,35)(H,36,37). The second kappa shape index (κ2) is 9.39. The number of hydrogen-bond acceptors (Lipinski definition) is 6. The first-order chi connectivity index (χ1) is 18.3. The van der Waals surface area contributed by atoms with Crippen molar-refractivity contribution in [2.45, 2.75) is 33.4 Å². The van der Waals surface area contributed by atoms with Gasteiger partial charge in [-0.1, -0.05) is 45.0 Å². The largest absolute Gasteiger partial charge is 0.374 e. The molecule has 4 N–H and O–H groups in total. The summed E-state index contributed by atoms with van der Waals surface area (Å²) in [4.78, 5) is 17.3. The van der Waals surface area contributed by atoms with Crippen LogP contribution in [0.4, 0.5) is 5.69 Å². The van der Waals surface area contributed by atoms with Gasteiger partial charge in [0, 0.05) is 28.9 Å². The molecule has 8 heteroatoms. The van der Waals surface area contributed by atoms with Crippen molar-refractivity contribution in [2.24, 2.45) is 5.41 Å². The van der Waals surface area contributed by atoms with Crippen LogP contribution in [-0.4, -0.2) is 41.5 Å². The van der Waals surface area contributed by atoms with E-state index in [0.717, 1.165) is 55.7 Å². The fourth-order valence-electron chi connectivity index (χ4n) is 4.75. The maximum absolute atomic E-state index is 10.5. The Balaban J connectivity index is 1.36. The lowest BCUT2D eigenvalue weighted by molar-refractivity contribution is 0.145. The number of aromatic nitrogens is 6. The van der Waals surface area contributed by atoms with Crippen LogP contribution in [0.2, 0.25) is 0 Å². The summed E-state index contributed by atoms with van der Waals surface area (Å²) in [5, 5.41) is 22.3. The molecule has 1 atom stereocenters. The van der Waals surface area contributed by atoms with Gasteiger partial charge in [-0.3, -0.25) is 15.1 Å². The molecule has 0 aliphatic carbocycles. The summed E-state index contributed by atoms with van der Waals surface area (Å²) in [6.07, 6.45) is 5.31. The van der Waals surface area contributed by atoms with Crippen LogP contribution in [-0.2, 0) is 0 Å². The molecule has 0 saturated carbocycles. The number of imidazole rings is 1. The van der Waals surface area contributed by atoms with E-state index in [1.54, 1.807) is 12.4 Å². The molecule has 0 aliphatic heterocycles. The molecule has 2 aromatic carbocycles. The molecule has 0 radical (unpaired) electrons. The average Bonchev–Trinajstić information content (AvgIpc) is 3.51. The smallest absolute Gasteiger partial charge is 0.159 e. The van der Waals surface area contributed by atoms with E-state index in [2.05, 4.69) is 57.3 Å². The van der Waals surface area contributed by atoms with Crippen LogP contribution in [0.1, 0.15) is 27.2 Å². The number of aromatic amines is 2. The third-order valence-corrected chi connectivity index (χ3v) is 6.45. The van der Waals surface area contributed by atoms with Crippen molar-refractivity contribution in [3.63, 3.8) is 0 Å². The fourth-order valence-corrected chi connectivity index (χ4v) is 4.75. The average molecular weight is 504 g/mol. The molecule has 0 saturated heterocycles. The first-order valence-electron chi connectivity index (χ1n) is 12.6. The molecular weight excluding hydrogens is 474 g/mol. The molecule has 1 unspecified atom stereocenters. The minimum atomic E-state index is -0.654. The molecule has 0 amide bonds. The topological polar surface area (TPSA) is 115 Å². The Bertz CT molecular complexity index is 1730. The number of nitrogens with zero attached hydrogens (tertiary/aromatic N) is 4. The van der Waals surface area contributed by atoms with E-state index in [-0.39, 0.29) is 5.41 Å². The number of nitrogens with one attached hydrogen (secondary N) is 3. The Morgan fingerprint density at radius 1 is 0.947 bits per heavy atom. The quantitative estimate of drug-likeness (QED) is 0.196. The maximum atomic E-state index is 10.5. The fraction of sp³-hybridized carbons (Fsp3) is 0.200. The third-order valence-electron chi connectivity index (χ3n) is 6.45. The van der Waals surface area contributed by atoms with Gasteiger partial charge in [-0.2, -0.15) is 5.10 Å². The number of aliphatic hydroxyl groups excluding tert-OH is 1. The van der Waals surface area contributed by atoms with Crippen molar-refractivity contribution in [1.29, 1.82) is 0 Å². The Labute approximate surface area is 220 Å². The molecule has 0 aliphatic rings. The summed E-state index contributed by atoms with van der Waals surface area (Å²) in [7, 11) is 0. The molecule has 0 spiro atoms. The molecule has 190 valence electrons. The summed E-state index contributed by atoms with van der Waals surface area (Å²) in [5.41, 5.74) is 7.98. The van der Waals surface area contributed by atoms with Gasteiger partial charge in [0.25, 0.3) is 0 Å². The van der Waals surface area contributed by atoms with Crippen molar-refractivity contribution in [2.75, 3.05) is 5.32 Å². The first kappa shape index (κ1) is 23.8. The van der Waals surface area contributed by atoms with Crippen LogP contribution in [0.5, 0.6) is 0 Å². The van der Waals surface area contributed by atoms with Gasteiger partial charge in [-0.05, 0) is 53.8 Å². The lowest BCUT2D eigenvalue weighted by Gasteiger charge is -2.23. The molecule has 6 rings (SSSR count). The minimum Gasteiger partial charge on any atom is -0.374 e. The predicted octanol–water partition coefficient (Wildman–Crippen LogP) is 6.40. The second-order valence-corrected chi connectivity index (χ2v) is 10.7. The van der Waals surface area contributed by atoms with E-state index in [4.69, 9.17) is 4.98 Å². The Hall–Kier alpha value is -4.56. The van der Waals surface area contributed by atoms with Crippen LogP contribution < -0.4 is 5.32 Å². The monoisotopic (exact) mass is 503 g/mol. The molecule has 4 aromatic heterocycles. The van der Waals surface area contributed by atoms with Crippen LogP contribution in [0.25, 0.3) is 55.8 Å². The zero-order valence-corrected chi connectivity index (χ0v) is 21.5. The molecule has 4 heterocycles. The number of hydrogen-bond donors (Lipinski definition) is 4. The van der Waals surface area contributed by atoms with Gasteiger partial charge in [0.1, 0.15) is 11.9 Å². The summed E-state index contributed by atoms with van der Waals surface area (Å²) in [5.74, 6) is 0.686. The molecular formula is C30H29N7O. The summed E-state index contributed by atoms with van der Waals surface area (Å²) in [6, 6.07) is 20.0. The summed E-state index contributed by atoms with van der Waals surface area (Å²) < 4.78 is 0. The number of aliphatic hydroxyl groups is 1. The number of H-pyrrole nitrogens is 2. The van der Waals surface area contributed by atoms with Gasteiger partial charge in [0.15, 0.2) is 5.82 Å². The first-order valence-corrected chi connectivity index (χ1v) is 12.6. The highest BCUT2D eigenvalue weighted by Gasteiger charge is 2.18. The molecule has 0 bridgehead atoms. The number of anilines is 1.